The summed E-state index contributed by atoms with van der Waals surface area (Å²) in [6.45, 7) is 35.5. The van der Waals surface area contributed by atoms with Gasteiger partial charge in [-0.2, -0.15) is 0 Å². The highest BCUT2D eigenvalue weighted by Gasteiger charge is 2.29. The van der Waals surface area contributed by atoms with Gasteiger partial charge in [0, 0.05) is 177 Å². The molecule has 3 fully saturated rings. The number of hydrogen-bond acceptors (Lipinski definition) is 20. The number of hydrogen-bond donors (Lipinski definition) is 9. The topological polar surface area (TPSA) is 277 Å². The molecule has 8 aromatic carbocycles. The molecule has 0 amide bonds. The highest BCUT2D eigenvalue weighted by molar-refractivity contribution is 9.11. The molecule has 7 aliphatic heterocycles. The molecule has 0 bridgehead atoms. The van der Waals surface area contributed by atoms with Crippen molar-refractivity contribution in [2.75, 3.05) is 153 Å². The maximum atomic E-state index is 11.7. The van der Waals surface area contributed by atoms with Crippen molar-refractivity contribution < 1.29 is 38.8 Å². The number of nitrogens with zero attached hydrogens (tertiary/aromatic N) is 9. The second kappa shape index (κ2) is 41.4. The van der Waals surface area contributed by atoms with Crippen LogP contribution in [0.3, 0.4) is 0 Å². The van der Waals surface area contributed by atoms with E-state index in [0.717, 1.165) is 274 Å². The highest BCUT2D eigenvalue weighted by Crippen LogP contribution is 2.40. The average Bonchev–Trinajstić information content (AvgIpc) is 1.62. The zero-order valence-electron chi connectivity index (χ0n) is 70.5. The lowest BCUT2D eigenvalue weighted by atomic mass is 10.1. The number of benzene rings is 8. The standard InChI is InChI=1S/C27H30BrN5O3.C25H26BrN5O3.C24H25BrN4O.C21H20BrN3O/c1-3-35-24(34)17-33-12-10-32(11-13-33)14-15-36-31-26-20-6-4-5-7-22(20)30-27(26)25-18(2)29-23-9-8-19(28)16-21(23)25;1-16-23(19-14-17(26)6-7-21(19)27-16)25-24(18-4-2-3-5-20(18)28-25)29-34-13-12-30-8-10-31(11-9-30)15-22(32)33;1-16-22(19-15-17(25)9-10-21(19)26-16)24-23(18-7-3-4-8-20(18)27-24)28-30-14-13-29-11-5-2-6-12-29;1-3-4-11-26-25-20-15-7-5-6-8-17(15)24-21(20)19-13(2)23-18-10-9-14(22)12-16(18)19/h4-9,16,30-31H,2-3,10-15,17H2,1H3;2-7,14,28-29H,1,8-13,15H2,(H,32,33);3-4,7-10,15,27-28H,1-2,5-6,11-14H2;5-10,12,24-25H,2-4,11H2,1H3. The molecule has 11 heterocycles. The number of carboxylic acid groups (broad SMARTS) is 1. The van der Waals surface area contributed by atoms with E-state index in [9.17, 15) is 9.59 Å². The van der Waals surface area contributed by atoms with Crippen LogP contribution in [-0.4, -0.2) is 193 Å². The lowest BCUT2D eigenvalue weighted by molar-refractivity contribution is -0.145. The number of nitrogens with one attached hydrogen (secondary N) is 8. The molecular formula is C97H101Br4N17O8. The summed E-state index contributed by atoms with van der Waals surface area (Å²) in [6, 6.07) is 57.0. The molecule has 0 saturated carbocycles. The predicted octanol–water partition coefficient (Wildman–Crippen LogP) is 13.6. The number of halogens is 4. The number of anilines is 4. The monoisotopic (exact) mass is 1950 g/mol. The molecule has 0 radical (unpaired) electrons. The molecule has 12 aromatic rings. The van der Waals surface area contributed by atoms with Gasteiger partial charge in [-0.25, -0.2) is 20.0 Å². The van der Waals surface area contributed by atoms with Gasteiger partial charge in [0.25, 0.3) is 0 Å². The SMILES string of the molecule is C=C1N=c2ccc(Br)cc2=C1c1[nH]c2ccccc2c1NOCCCC.C=C1N=c2ccc(Br)cc2=C1c1[nH]c2ccccc2c1NOCCN1CCCCC1.C=C1N=c2ccc(Br)cc2=C1c1[nH]c2ccccc2c1NOCCN1CCN(CC(=O)O)CC1.C=C1N=c2ccc(Br)cc2=C1c1[nH]c2ccccc2c1NOCCN1CCN(CC(=O)OCC)CC1. The number of piperidine rings is 1. The molecule has 126 heavy (non-hydrogen) atoms. The van der Waals surface area contributed by atoms with Crippen LogP contribution in [-0.2, 0) is 33.7 Å². The number of allylic oxidation sites excluding steroid dienone is 4. The third-order valence-electron chi connectivity index (χ3n) is 23.1. The first-order valence-electron chi connectivity index (χ1n) is 42.7. The Kier molecular flexibility index (Phi) is 29.1. The normalized spacial score (nSPS) is 15.8. The molecule has 4 aromatic heterocycles. The van der Waals surface area contributed by atoms with Gasteiger partial charge in [-0.05, 0) is 136 Å². The van der Waals surface area contributed by atoms with Gasteiger partial charge in [0.1, 0.15) is 0 Å². The van der Waals surface area contributed by atoms with Crippen LogP contribution in [0.5, 0.6) is 0 Å². The smallest absolute Gasteiger partial charge is 0.320 e. The summed E-state index contributed by atoms with van der Waals surface area (Å²) in [5, 5.41) is 21.1. The Morgan fingerprint density at radius 1 is 0.381 bits per heavy atom. The number of aromatic nitrogens is 4. The van der Waals surface area contributed by atoms with Crippen molar-refractivity contribution >= 4 is 164 Å². The molecular weight excluding hydrogens is 1850 g/mol. The van der Waals surface area contributed by atoms with Crippen LogP contribution in [0.4, 0.5) is 22.7 Å². The molecule has 7 aliphatic rings. The van der Waals surface area contributed by atoms with Crippen LogP contribution in [0, 0.1) is 0 Å². The number of aliphatic carboxylic acids is 1. The summed E-state index contributed by atoms with van der Waals surface area (Å²) < 4.78 is 9.07. The number of H-pyrrole nitrogens is 4. The van der Waals surface area contributed by atoms with E-state index >= 15 is 0 Å². The van der Waals surface area contributed by atoms with E-state index in [4.69, 9.17) is 29.2 Å². The fraction of sp³-hybridized carbons (Fsp3) is 0.278. The Hall–Kier alpha value is -10.7. The first kappa shape index (κ1) is 88.7. The molecule has 0 spiro atoms. The summed E-state index contributed by atoms with van der Waals surface area (Å²) in [7, 11) is 0. The van der Waals surface area contributed by atoms with Gasteiger partial charge >= 0.3 is 11.9 Å². The number of unbranched alkanes of at least 4 members (excludes halogenated alkanes) is 1. The summed E-state index contributed by atoms with van der Waals surface area (Å²) in [6.07, 6.45) is 6.03. The number of fused-ring (bicyclic) bond motifs is 8. The van der Waals surface area contributed by atoms with Crippen LogP contribution >= 0.6 is 63.7 Å². The Bertz CT molecular complexity index is 6720. The van der Waals surface area contributed by atoms with Crippen molar-refractivity contribution in [3.8, 4) is 0 Å². The second-order valence-electron chi connectivity index (χ2n) is 31.6. The number of rotatable bonds is 29. The third kappa shape index (κ3) is 20.6. The van der Waals surface area contributed by atoms with Crippen molar-refractivity contribution in [3.63, 3.8) is 0 Å². The van der Waals surface area contributed by atoms with Gasteiger partial charge in [0.15, 0.2) is 0 Å². The Morgan fingerprint density at radius 3 is 0.968 bits per heavy atom. The van der Waals surface area contributed by atoms with Crippen LogP contribution in [0.2, 0.25) is 0 Å². The molecule has 19 rings (SSSR count). The molecule has 29 heteroatoms. The van der Waals surface area contributed by atoms with Gasteiger partial charge in [-0.3, -0.25) is 70.5 Å². The number of esters is 1. The fourth-order valence-corrected chi connectivity index (χ4v) is 18.3. The van der Waals surface area contributed by atoms with Crippen LogP contribution in [0.1, 0.15) is 68.7 Å². The minimum Gasteiger partial charge on any atom is -0.480 e. The summed E-state index contributed by atoms with van der Waals surface area (Å²) in [5.74, 6) is -0.931. The maximum absolute atomic E-state index is 11.7. The number of carbonyl (C=O) groups is 2. The molecule has 650 valence electrons. The van der Waals surface area contributed by atoms with E-state index in [1.54, 1.807) is 0 Å². The number of ether oxygens (including phenoxy) is 1. The minimum atomic E-state index is -0.777. The van der Waals surface area contributed by atoms with Crippen LogP contribution in [0.15, 0.2) is 257 Å². The fourth-order valence-electron chi connectivity index (χ4n) is 16.8. The van der Waals surface area contributed by atoms with Crippen molar-refractivity contribution in [3.05, 3.63) is 302 Å². The van der Waals surface area contributed by atoms with Crippen molar-refractivity contribution in [2.45, 2.75) is 46.0 Å². The Labute approximate surface area is 762 Å². The molecule has 0 unspecified atom stereocenters. The van der Waals surface area contributed by atoms with E-state index in [-0.39, 0.29) is 12.5 Å². The molecule has 0 aliphatic carbocycles. The second-order valence-corrected chi connectivity index (χ2v) is 35.2. The number of likely N-dealkylation sites (tertiary alicyclic amines) is 1. The summed E-state index contributed by atoms with van der Waals surface area (Å²) in [4.78, 5) is 90.2. The quantitative estimate of drug-likeness (QED) is 0.0120. The van der Waals surface area contributed by atoms with Crippen molar-refractivity contribution in [2.24, 2.45) is 20.0 Å². The maximum Gasteiger partial charge on any atom is 0.320 e. The van der Waals surface area contributed by atoms with E-state index in [0.29, 0.717) is 45.3 Å². The summed E-state index contributed by atoms with van der Waals surface area (Å²) >= 11 is 14.3. The predicted molar refractivity (Wildman–Crippen MR) is 513 cm³/mol. The molecule has 0 atom stereocenters. The number of carbonyl (C=O) groups excluding carboxylic acids is 1. The van der Waals surface area contributed by atoms with Crippen molar-refractivity contribution in [1.82, 2.24) is 44.4 Å². The van der Waals surface area contributed by atoms with Gasteiger partial charge in [0.05, 0.1) is 136 Å². The minimum absolute atomic E-state index is 0.103. The van der Waals surface area contributed by atoms with Gasteiger partial charge < -0.3 is 34.7 Å². The van der Waals surface area contributed by atoms with Gasteiger partial charge in [0.2, 0.25) is 0 Å². The van der Waals surface area contributed by atoms with Crippen LogP contribution < -0.4 is 64.2 Å². The highest BCUT2D eigenvalue weighted by atomic mass is 79.9. The number of para-hydroxylation sites is 4. The number of piperazine rings is 2. The third-order valence-corrected chi connectivity index (χ3v) is 25.1. The van der Waals surface area contributed by atoms with E-state index in [1.165, 1.54) is 32.4 Å². The Balaban J connectivity index is 0.000000125. The van der Waals surface area contributed by atoms with E-state index < -0.39 is 5.97 Å². The van der Waals surface area contributed by atoms with E-state index in [2.05, 4.69) is 245 Å². The largest absolute Gasteiger partial charge is 0.480 e. The van der Waals surface area contributed by atoms with Gasteiger partial charge in [-0.1, -0.05) is 183 Å². The van der Waals surface area contributed by atoms with Gasteiger partial charge in [-0.15, -0.1) is 0 Å². The first-order valence-corrected chi connectivity index (χ1v) is 45.9. The zero-order valence-corrected chi connectivity index (χ0v) is 76.9. The molecule has 3 saturated heterocycles. The number of aromatic amines is 4. The van der Waals surface area contributed by atoms with E-state index in [1.807, 2.05) is 115 Å². The molecule has 25 nitrogen and oxygen atoms in total. The average molecular weight is 1950 g/mol. The lowest BCUT2D eigenvalue weighted by Gasteiger charge is -2.33. The van der Waals surface area contributed by atoms with Crippen LogP contribution in [0.25, 0.3) is 65.9 Å². The first-order chi connectivity index (χ1) is 61.4. The lowest BCUT2D eigenvalue weighted by Crippen LogP contribution is -2.48. The summed E-state index contributed by atoms with van der Waals surface area (Å²) in [5.41, 5.74) is 31.1. The van der Waals surface area contributed by atoms with Crippen molar-refractivity contribution in [1.29, 1.82) is 0 Å². The number of carboxylic acids is 1. The zero-order chi connectivity index (χ0) is 87.3. The Morgan fingerprint density at radius 2 is 0.667 bits per heavy atom. The molecule has 9 N–H and O–H groups in total.